The van der Waals surface area contributed by atoms with Crippen LogP contribution in [0.2, 0.25) is 0 Å². The molecule has 0 aromatic heterocycles. The highest BCUT2D eigenvalue weighted by atomic mass is 16.6. The predicted octanol–water partition coefficient (Wildman–Crippen LogP) is 1.26. The predicted molar refractivity (Wildman–Crippen MR) is 41.6 cm³/mol. The molecule has 4 heteroatoms. The molecule has 0 aliphatic rings. The Morgan fingerprint density at radius 3 is 2.45 bits per heavy atom. The molecule has 1 atom stereocenters. The molecule has 4 nitrogen and oxygen atoms in total. The van der Waals surface area contributed by atoms with E-state index in [1.807, 2.05) is 0 Å². The quantitative estimate of drug-likeness (QED) is 0.496. The smallest absolute Gasteiger partial charge is 0.347 e. The Balaban J connectivity index is 3.89. The number of hydrogen-bond donors (Lipinski definition) is 1. The molecule has 0 heterocycles. The van der Waals surface area contributed by atoms with Crippen molar-refractivity contribution >= 4 is 11.7 Å². The molecule has 1 N–H and O–H groups in total. The van der Waals surface area contributed by atoms with Crippen LogP contribution in [-0.2, 0) is 9.63 Å². The topological polar surface area (TPSA) is 58.9 Å². The van der Waals surface area contributed by atoms with E-state index in [9.17, 15) is 4.79 Å². The maximum Gasteiger partial charge on any atom is 0.347 e. The van der Waals surface area contributed by atoms with Crippen LogP contribution in [-0.4, -0.2) is 22.9 Å². The van der Waals surface area contributed by atoms with Gasteiger partial charge in [-0.05, 0) is 20.3 Å². The number of carboxylic acid groups (broad SMARTS) is 1. The third-order valence-corrected chi connectivity index (χ3v) is 1.01. The minimum Gasteiger partial charge on any atom is -0.478 e. The molecule has 0 amide bonds. The lowest BCUT2D eigenvalue weighted by molar-refractivity contribution is -0.150. The van der Waals surface area contributed by atoms with Gasteiger partial charge in [0.2, 0.25) is 6.10 Å². The van der Waals surface area contributed by atoms with Crippen LogP contribution in [0.4, 0.5) is 0 Å². The summed E-state index contributed by atoms with van der Waals surface area (Å²) in [4.78, 5) is 15.1. The zero-order valence-electron chi connectivity index (χ0n) is 7.00. The highest BCUT2D eigenvalue weighted by Crippen LogP contribution is 1.98. The number of carbonyl (C=O) groups is 1. The second-order valence-corrected chi connectivity index (χ2v) is 2.38. The van der Waals surface area contributed by atoms with E-state index in [1.54, 1.807) is 20.8 Å². The molecule has 64 valence electrons. The van der Waals surface area contributed by atoms with Crippen molar-refractivity contribution in [2.45, 2.75) is 33.3 Å². The summed E-state index contributed by atoms with van der Waals surface area (Å²) in [6.45, 7) is 5.22. The molecule has 0 fully saturated rings. The van der Waals surface area contributed by atoms with Gasteiger partial charge in [0.15, 0.2) is 0 Å². The summed E-state index contributed by atoms with van der Waals surface area (Å²) in [5.74, 6) is -0.975. The summed E-state index contributed by atoms with van der Waals surface area (Å²) in [5, 5.41) is 12.0. The maximum atomic E-state index is 10.3. The number of nitrogens with zero attached hydrogens (tertiary/aromatic N) is 1. The van der Waals surface area contributed by atoms with Crippen molar-refractivity contribution in [2.24, 2.45) is 5.16 Å². The van der Waals surface area contributed by atoms with E-state index in [0.717, 1.165) is 0 Å². The standard InChI is InChI=1S/C7H13NO3/c1-4-6(7(9)10)11-8-5(2)3/h6H,4H2,1-3H3,(H,9,10)/t6-/m0/s1. The summed E-state index contributed by atoms with van der Waals surface area (Å²) in [7, 11) is 0. The Hall–Kier alpha value is -1.06. The molecule has 11 heavy (non-hydrogen) atoms. The van der Waals surface area contributed by atoms with E-state index in [-0.39, 0.29) is 0 Å². The van der Waals surface area contributed by atoms with Crippen molar-refractivity contribution in [3.63, 3.8) is 0 Å². The van der Waals surface area contributed by atoms with E-state index in [2.05, 4.69) is 5.16 Å². The highest BCUT2D eigenvalue weighted by Gasteiger charge is 2.15. The average molecular weight is 159 g/mol. The van der Waals surface area contributed by atoms with E-state index in [1.165, 1.54) is 0 Å². The van der Waals surface area contributed by atoms with Gasteiger partial charge < -0.3 is 9.94 Å². The molecule has 0 saturated heterocycles. The monoisotopic (exact) mass is 159 g/mol. The number of oxime groups is 1. The van der Waals surface area contributed by atoms with Crippen molar-refractivity contribution in [3.05, 3.63) is 0 Å². The van der Waals surface area contributed by atoms with E-state index >= 15 is 0 Å². The van der Waals surface area contributed by atoms with Crippen LogP contribution < -0.4 is 0 Å². The Morgan fingerprint density at radius 1 is 1.64 bits per heavy atom. The first-order valence-corrected chi connectivity index (χ1v) is 3.47. The highest BCUT2D eigenvalue weighted by molar-refractivity contribution is 5.78. The molecular weight excluding hydrogens is 146 g/mol. The van der Waals surface area contributed by atoms with E-state index < -0.39 is 12.1 Å². The lowest BCUT2D eigenvalue weighted by atomic mass is 10.3. The number of aliphatic carboxylic acids is 1. The van der Waals surface area contributed by atoms with Crippen LogP contribution in [0.5, 0.6) is 0 Å². The van der Waals surface area contributed by atoms with Crippen LogP contribution in [0.3, 0.4) is 0 Å². The van der Waals surface area contributed by atoms with Gasteiger partial charge in [-0.3, -0.25) is 0 Å². The van der Waals surface area contributed by atoms with Gasteiger partial charge in [-0.15, -0.1) is 0 Å². The summed E-state index contributed by atoms with van der Waals surface area (Å²) in [5.41, 5.74) is 0.713. The molecular formula is C7H13NO3. The van der Waals surface area contributed by atoms with Crippen molar-refractivity contribution in [2.75, 3.05) is 0 Å². The lowest BCUT2D eigenvalue weighted by Crippen LogP contribution is -2.20. The molecule has 0 aliphatic heterocycles. The molecule has 0 rings (SSSR count). The number of carboxylic acids is 1. The van der Waals surface area contributed by atoms with Crippen molar-refractivity contribution < 1.29 is 14.7 Å². The van der Waals surface area contributed by atoms with Gasteiger partial charge in [-0.2, -0.15) is 0 Å². The SMILES string of the molecule is CC[C@H](ON=C(C)C)C(=O)O. The van der Waals surface area contributed by atoms with Gasteiger partial charge in [-0.1, -0.05) is 12.1 Å². The molecule has 0 bridgehead atoms. The Morgan fingerprint density at radius 2 is 2.18 bits per heavy atom. The normalized spacial score (nSPS) is 11.9. The fraction of sp³-hybridized carbons (Fsp3) is 0.714. The van der Waals surface area contributed by atoms with Gasteiger partial charge in [0.25, 0.3) is 0 Å². The molecule has 0 aliphatic carbocycles. The molecule has 0 saturated carbocycles. The Kier molecular flexibility index (Phi) is 4.26. The summed E-state index contributed by atoms with van der Waals surface area (Å²) in [6.07, 6.45) is -0.392. The zero-order chi connectivity index (χ0) is 8.85. The van der Waals surface area contributed by atoms with Crippen molar-refractivity contribution in [3.8, 4) is 0 Å². The summed E-state index contributed by atoms with van der Waals surface area (Å²) in [6, 6.07) is 0. The number of rotatable bonds is 4. The fourth-order valence-corrected chi connectivity index (χ4v) is 0.463. The van der Waals surface area contributed by atoms with Crippen molar-refractivity contribution in [1.82, 2.24) is 0 Å². The number of hydrogen-bond acceptors (Lipinski definition) is 3. The van der Waals surface area contributed by atoms with Gasteiger partial charge >= 0.3 is 5.97 Å². The largest absolute Gasteiger partial charge is 0.478 e. The summed E-state index contributed by atoms with van der Waals surface area (Å²) >= 11 is 0. The second-order valence-electron chi connectivity index (χ2n) is 2.38. The van der Waals surface area contributed by atoms with Gasteiger partial charge in [0.05, 0.1) is 5.71 Å². The van der Waals surface area contributed by atoms with Gasteiger partial charge in [0.1, 0.15) is 0 Å². The van der Waals surface area contributed by atoms with E-state index in [4.69, 9.17) is 9.94 Å². The third kappa shape index (κ3) is 4.36. The van der Waals surface area contributed by atoms with Gasteiger partial charge in [-0.25, -0.2) is 4.79 Å². The Bertz CT molecular complexity index is 161. The first-order valence-electron chi connectivity index (χ1n) is 3.47. The van der Waals surface area contributed by atoms with E-state index in [0.29, 0.717) is 12.1 Å². The third-order valence-electron chi connectivity index (χ3n) is 1.01. The minimum atomic E-state index is -0.975. The van der Waals surface area contributed by atoms with Crippen LogP contribution in [0, 0.1) is 0 Å². The average Bonchev–Trinajstić information content (AvgIpc) is 1.87. The van der Waals surface area contributed by atoms with Crippen LogP contribution >= 0.6 is 0 Å². The zero-order valence-corrected chi connectivity index (χ0v) is 7.00. The first-order chi connectivity index (χ1) is 5.07. The Labute approximate surface area is 65.8 Å². The first kappa shape index (κ1) is 9.94. The van der Waals surface area contributed by atoms with Crippen LogP contribution in [0.15, 0.2) is 5.16 Å². The van der Waals surface area contributed by atoms with Crippen LogP contribution in [0.25, 0.3) is 0 Å². The van der Waals surface area contributed by atoms with Crippen molar-refractivity contribution in [1.29, 1.82) is 0 Å². The van der Waals surface area contributed by atoms with Crippen LogP contribution in [0.1, 0.15) is 27.2 Å². The fourth-order valence-electron chi connectivity index (χ4n) is 0.463. The lowest BCUT2D eigenvalue weighted by Gasteiger charge is -2.06. The summed E-state index contributed by atoms with van der Waals surface area (Å²) < 4.78 is 0. The molecule has 0 unspecified atom stereocenters. The minimum absolute atomic E-state index is 0.423. The molecule has 0 radical (unpaired) electrons. The molecule has 0 spiro atoms. The molecule has 0 aromatic rings. The molecule has 0 aromatic carbocycles. The van der Waals surface area contributed by atoms with Gasteiger partial charge in [0, 0.05) is 0 Å². The maximum absolute atomic E-state index is 10.3. The second kappa shape index (κ2) is 4.71.